The third kappa shape index (κ3) is 13.0. The van der Waals surface area contributed by atoms with Crippen LogP contribution >= 0.6 is 0 Å². The van der Waals surface area contributed by atoms with Gasteiger partial charge in [0.25, 0.3) is 0 Å². The molecule has 1 saturated heterocycles. The van der Waals surface area contributed by atoms with E-state index in [-0.39, 0.29) is 19.4 Å². The maximum absolute atomic E-state index is 13.3. The summed E-state index contributed by atoms with van der Waals surface area (Å²) in [5.74, 6) is -9.88. The fourth-order valence-electron chi connectivity index (χ4n) is 5.35. The molecule has 300 valence electrons. The lowest BCUT2D eigenvalue weighted by Crippen LogP contribution is -2.63. The van der Waals surface area contributed by atoms with Crippen LogP contribution in [0.3, 0.4) is 0 Å². The molecule has 1 aliphatic rings. The molecule has 0 radical (unpaired) electrons. The van der Waals surface area contributed by atoms with Crippen LogP contribution in [-0.2, 0) is 49.6 Å². The van der Waals surface area contributed by atoms with Gasteiger partial charge in [0.1, 0.15) is 36.3 Å². The van der Waals surface area contributed by atoms with Gasteiger partial charge in [0.05, 0.1) is 44.0 Å². The number of carbonyl (C=O) groups excluding carboxylic acids is 8. The first kappa shape index (κ1) is 44.4. The van der Waals surface area contributed by atoms with E-state index in [1.807, 2.05) is 0 Å². The maximum Gasteiger partial charge on any atom is 0.326 e. The smallest absolute Gasteiger partial charge is 0.326 e. The average molecular weight is 770 g/mol. The van der Waals surface area contributed by atoms with Gasteiger partial charge in [0.15, 0.2) is 0 Å². The molecule has 0 bridgehead atoms. The number of primary amides is 2. The van der Waals surface area contributed by atoms with Crippen molar-refractivity contribution in [3.63, 3.8) is 0 Å². The zero-order valence-corrected chi connectivity index (χ0v) is 29.4. The molecule has 24 heteroatoms. The van der Waals surface area contributed by atoms with E-state index in [4.69, 9.17) is 17.2 Å². The summed E-state index contributed by atoms with van der Waals surface area (Å²) in [7, 11) is 0. The molecule has 1 aliphatic heterocycles. The molecule has 24 nitrogen and oxygen atoms in total. The largest absolute Gasteiger partial charge is 0.480 e. The van der Waals surface area contributed by atoms with Gasteiger partial charge >= 0.3 is 5.97 Å². The molecule has 0 saturated carbocycles. The van der Waals surface area contributed by atoms with Gasteiger partial charge in [-0.15, -0.1) is 0 Å². The van der Waals surface area contributed by atoms with Crippen LogP contribution in [0.15, 0.2) is 12.5 Å². The summed E-state index contributed by atoms with van der Waals surface area (Å²) in [6, 6.07) is -11.3. The summed E-state index contributed by atoms with van der Waals surface area (Å²) in [4.78, 5) is 121. The third-order valence-corrected chi connectivity index (χ3v) is 8.15. The molecule has 0 unspecified atom stereocenters. The number of nitrogens with two attached hydrogens (primary N) is 3. The molecule has 1 fully saturated rings. The summed E-state index contributed by atoms with van der Waals surface area (Å²) >= 11 is 0. The van der Waals surface area contributed by atoms with E-state index >= 15 is 0 Å². The van der Waals surface area contributed by atoms with E-state index in [0.717, 1.165) is 18.7 Å². The number of amides is 8. The number of aliphatic hydroxyl groups is 3. The maximum atomic E-state index is 13.3. The summed E-state index contributed by atoms with van der Waals surface area (Å²) in [5, 5.41) is 50.8. The lowest BCUT2D eigenvalue weighted by molar-refractivity contribution is -0.143. The highest BCUT2D eigenvalue weighted by molar-refractivity contribution is 5.99. The summed E-state index contributed by atoms with van der Waals surface area (Å²) in [6.07, 6.45) is -1.85. The molecule has 16 N–H and O–H groups in total. The summed E-state index contributed by atoms with van der Waals surface area (Å²) < 4.78 is 0. The Morgan fingerprint density at radius 2 is 1.37 bits per heavy atom. The van der Waals surface area contributed by atoms with Crippen molar-refractivity contribution < 1.29 is 63.6 Å². The molecule has 1 aromatic heterocycles. The van der Waals surface area contributed by atoms with Crippen LogP contribution in [0.25, 0.3) is 0 Å². The van der Waals surface area contributed by atoms with Crippen LogP contribution in [0.1, 0.15) is 45.2 Å². The minimum absolute atomic E-state index is 0.0803. The van der Waals surface area contributed by atoms with Crippen LogP contribution in [0.4, 0.5) is 0 Å². The molecule has 1 aromatic rings. The first-order valence-electron chi connectivity index (χ1n) is 16.6. The van der Waals surface area contributed by atoms with E-state index in [0.29, 0.717) is 12.1 Å². The van der Waals surface area contributed by atoms with Crippen LogP contribution in [-0.4, -0.2) is 156 Å². The number of likely N-dealkylation sites (tertiary alicyclic amines) is 1. The number of aliphatic carboxylic acids is 1. The number of carbonyl (C=O) groups is 9. The molecule has 0 aromatic carbocycles. The van der Waals surface area contributed by atoms with E-state index < -0.39 is 127 Å². The van der Waals surface area contributed by atoms with Crippen molar-refractivity contribution in [3.8, 4) is 0 Å². The first-order valence-corrected chi connectivity index (χ1v) is 16.6. The van der Waals surface area contributed by atoms with Crippen molar-refractivity contribution in [2.24, 2.45) is 17.2 Å². The first-order chi connectivity index (χ1) is 25.3. The van der Waals surface area contributed by atoms with E-state index in [2.05, 4.69) is 36.6 Å². The van der Waals surface area contributed by atoms with Gasteiger partial charge in [-0.1, -0.05) is 0 Å². The fraction of sp³-hybridized carbons (Fsp3) is 0.600. The van der Waals surface area contributed by atoms with Gasteiger partial charge in [0.2, 0.25) is 47.3 Å². The van der Waals surface area contributed by atoms with Crippen LogP contribution < -0.4 is 43.8 Å². The number of aromatic amines is 1. The Balaban J connectivity index is 2.16. The minimum atomic E-state index is -1.90. The number of nitrogens with one attached hydrogen (secondary N) is 6. The second-order valence-electron chi connectivity index (χ2n) is 12.6. The molecule has 54 heavy (non-hydrogen) atoms. The van der Waals surface area contributed by atoms with Crippen molar-refractivity contribution in [2.45, 2.75) is 100 Å². The molecule has 2 heterocycles. The number of rotatable bonds is 21. The highest BCUT2D eigenvalue weighted by atomic mass is 16.4. The number of H-pyrrole nitrogens is 1. The monoisotopic (exact) mass is 769 g/mol. The molecule has 9 atom stereocenters. The van der Waals surface area contributed by atoms with Crippen LogP contribution in [0.5, 0.6) is 0 Å². The van der Waals surface area contributed by atoms with Gasteiger partial charge < -0.3 is 74.1 Å². The quantitative estimate of drug-likeness (QED) is 0.0552. The molecular weight excluding hydrogens is 722 g/mol. The van der Waals surface area contributed by atoms with E-state index in [1.54, 1.807) is 0 Å². The molecule has 0 aliphatic carbocycles. The number of hydrogen-bond acceptors (Lipinski definition) is 14. The van der Waals surface area contributed by atoms with Crippen molar-refractivity contribution in [1.29, 1.82) is 0 Å². The Morgan fingerprint density at radius 1 is 0.833 bits per heavy atom. The number of carboxylic acids is 1. The summed E-state index contributed by atoms with van der Waals surface area (Å²) in [5.41, 5.74) is 16.5. The topological polar surface area (TPSA) is 405 Å². The average Bonchev–Trinajstić information content (AvgIpc) is 3.79. The van der Waals surface area contributed by atoms with Gasteiger partial charge in [-0.25, -0.2) is 9.78 Å². The van der Waals surface area contributed by atoms with E-state index in [9.17, 15) is 63.6 Å². The lowest BCUT2D eigenvalue weighted by atomic mass is 10.1. The SMILES string of the molecule is C[C@@H](O)[C@H](NC(=O)[C@H](CC(N)=O)NC(=O)[C@@H]1CCCN1C(=O)[C@@H](N)CC(N)=O)C(=O)N[C@H](C(=O)N[C@@H](CO)C(=O)N[C@@H](Cc1cnc[nH]1)C(=O)O)[C@@H](C)O. The fourth-order valence-corrected chi connectivity index (χ4v) is 5.35. The van der Waals surface area contributed by atoms with Crippen LogP contribution in [0.2, 0.25) is 0 Å². The summed E-state index contributed by atoms with van der Waals surface area (Å²) in [6.45, 7) is 1.17. The van der Waals surface area contributed by atoms with E-state index in [1.165, 1.54) is 12.5 Å². The highest BCUT2D eigenvalue weighted by Gasteiger charge is 2.40. The number of aromatic nitrogens is 2. The predicted octanol–water partition coefficient (Wildman–Crippen LogP) is -7.72. The zero-order valence-electron chi connectivity index (χ0n) is 29.4. The van der Waals surface area contributed by atoms with Crippen molar-refractivity contribution in [2.75, 3.05) is 13.2 Å². The van der Waals surface area contributed by atoms with Crippen molar-refractivity contribution in [3.05, 3.63) is 18.2 Å². The molecule has 8 amide bonds. The number of hydrogen-bond donors (Lipinski definition) is 13. The van der Waals surface area contributed by atoms with Gasteiger partial charge in [-0.3, -0.25) is 38.4 Å². The van der Waals surface area contributed by atoms with Gasteiger partial charge in [0, 0.05) is 24.9 Å². The van der Waals surface area contributed by atoms with Gasteiger partial charge in [-0.05, 0) is 26.7 Å². The standard InChI is InChI=1S/C30H47N11O13/c1-12(43)22(27(50)38-18(10-42)25(48)37-17(30(53)54)6-14-9-34-11-35-14)40-28(51)23(13(2)44)39-24(47)16(8-21(33)46)36-26(49)19-4-3-5-41(19)29(52)15(31)7-20(32)45/h9,11-13,15-19,22-23,42-44H,3-8,10,31H2,1-2H3,(H2,32,45)(H2,33,46)(H,34,35)(H,36,49)(H,37,48)(H,38,50)(H,39,47)(H,40,51)(H,53,54)/t12-,13-,15+,16+,17+,18+,19+,22+,23+/m1/s1. The molecular formula is C30H47N11O13. The number of imidazole rings is 1. The minimum Gasteiger partial charge on any atom is -0.480 e. The van der Waals surface area contributed by atoms with Crippen molar-refractivity contribution in [1.82, 2.24) is 41.5 Å². The van der Waals surface area contributed by atoms with Crippen LogP contribution in [0, 0.1) is 0 Å². The second kappa shape index (κ2) is 20.5. The Morgan fingerprint density at radius 3 is 1.87 bits per heavy atom. The Bertz CT molecular complexity index is 1540. The third-order valence-electron chi connectivity index (χ3n) is 8.15. The van der Waals surface area contributed by atoms with Crippen molar-refractivity contribution >= 4 is 53.2 Å². The molecule has 2 rings (SSSR count). The number of carboxylic acid groups (broad SMARTS) is 1. The lowest BCUT2D eigenvalue weighted by Gasteiger charge is -2.29. The second-order valence-corrected chi connectivity index (χ2v) is 12.6. The Labute approximate surface area is 307 Å². The normalized spacial score (nSPS) is 18.3. The Hall–Kier alpha value is -5.72. The number of aliphatic hydroxyl groups excluding tert-OH is 3. The zero-order chi connectivity index (χ0) is 40.9. The molecule has 0 spiro atoms. The highest BCUT2D eigenvalue weighted by Crippen LogP contribution is 2.19. The number of nitrogens with zero attached hydrogens (tertiary/aromatic N) is 2. The predicted molar refractivity (Wildman–Crippen MR) is 180 cm³/mol. The Kier molecular flexibility index (Phi) is 16.9. The van der Waals surface area contributed by atoms with Gasteiger partial charge in [-0.2, -0.15) is 0 Å².